The van der Waals surface area contributed by atoms with Crippen molar-refractivity contribution in [3.63, 3.8) is 0 Å². The van der Waals surface area contributed by atoms with Crippen molar-refractivity contribution < 1.29 is 14.2 Å². The van der Waals surface area contributed by atoms with Gasteiger partial charge in [-0.3, -0.25) is 20.2 Å². The molecule has 1 aromatic heterocycles. The zero-order valence-corrected chi connectivity index (χ0v) is 12.0. The summed E-state index contributed by atoms with van der Waals surface area (Å²) in [5, 5.41) is 17.1. The first-order valence-electron chi connectivity index (χ1n) is 6.10. The molecule has 8 heteroatoms. The number of non-ortho nitro benzene ring substituents is 1. The number of halogens is 1. The minimum absolute atomic E-state index is 0.00614. The molecular formula is C13H12ClN3O4. The number of nitro groups is 1. The van der Waals surface area contributed by atoms with Gasteiger partial charge >= 0.3 is 0 Å². The summed E-state index contributed by atoms with van der Waals surface area (Å²) in [7, 11) is 0. The molecule has 0 unspecified atom stereocenters. The van der Waals surface area contributed by atoms with Crippen molar-refractivity contribution in [3.05, 3.63) is 50.7 Å². The molecule has 0 atom stereocenters. The van der Waals surface area contributed by atoms with E-state index < -0.39 is 10.8 Å². The van der Waals surface area contributed by atoms with Gasteiger partial charge in [0, 0.05) is 18.2 Å². The maximum atomic E-state index is 12.1. The normalized spacial score (nSPS) is 10.7. The number of nitro benzene ring substituents is 1. The fourth-order valence-electron chi connectivity index (χ4n) is 1.60. The van der Waals surface area contributed by atoms with Crippen molar-refractivity contribution in [2.75, 3.05) is 5.32 Å². The van der Waals surface area contributed by atoms with Crippen LogP contribution in [-0.2, 0) is 0 Å². The maximum absolute atomic E-state index is 12.1. The first kappa shape index (κ1) is 15.0. The van der Waals surface area contributed by atoms with Gasteiger partial charge in [0.2, 0.25) is 5.88 Å². The second kappa shape index (κ2) is 5.92. The molecule has 110 valence electrons. The van der Waals surface area contributed by atoms with Crippen LogP contribution in [0.5, 0.6) is 0 Å². The van der Waals surface area contributed by atoms with Gasteiger partial charge in [-0.05, 0) is 12.0 Å². The predicted molar refractivity (Wildman–Crippen MR) is 76.7 cm³/mol. The smallest absolute Gasteiger partial charge is 0.270 e. The van der Waals surface area contributed by atoms with Crippen molar-refractivity contribution >= 4 is 29.1 Å². The van der Waals surface area contributed by atoms with E-state index in [4.69, 9.17) is 16.1 Å². The Bertz CT molecular complexity index is 696. The van der Waals surface area contributed by atoms with Crippen LogP contribution in [0, 0.1) is 10.1 Å². The fourth-order valence-corrected chi connectivity index (χ4v) is 1.80. The Morgan fingerprint density at radius 1 is 1.43 bits per heavy atom. The number of hydrogen-bond donors (Lipinski definition) is 1. The first-order chi connectivity index (χ1) is 9.88. The van der Waals surface area contributed by atoms with Crippen LogP contribution >= 0.6 is 11.6 Å². The predicted octanol–water partition coefficient (Wildman–Crippen LogP) is 3.61. The Labute approximate surface area is 125 Å². The third kappa shape index (κ3) is 3.38. The van der Waals surface area contributed by atoms with Gasteiger partial charge in [-0.2, -0.15) is 0 Å². The number of anilines is 1. The molecule has 0 aliphatic rings. The van der Waals surface area contributed by atoms with Crippen LogP contribution in [0.15, 0.2) is 28.8 Å². The maximum Gasteiger partial charge on any atom is 0.270 e. The Morgan fingerprint density at radius 3 is 2.71 bits per heavy atom. The van der Waals surface area contributed by atoms with Crippen molar-refractivity contribution in [3.8, 4) is 0 Å². The van der Waals surface area contributed by atoms with Crippen LogP contribution in [0.4, 0.5) is 11.6 Å². The summed E-state index contributed by atoms with van der Waals surface area (Å²) in [6, 6.07) is 5.23. The SMILES string of the molecule is CC(C)c1cc(NC(=O)c2cc([N+](=O)[O-])ccc2Cl)on1. The highest BCUT2D eigenvalue weighted by Gasteiger charge is 2.18. The van der Waals surface area contributed by atoms with E-state index in [-0.39, 0.29) is 28.1 Å². The van der Waals surface area contributed by atoms with Crippen molar-refractivity contribution in [1.82, 2.24) is 5.16 Å². The Kier molecular flexibility index (Phi) is 4.23. The molecule has 1 aromatic carbocycles. The lowest BCUT2D eigenvalue weighted by atomic mass is 10.1. The Hall–Kier alpha value is -2.41. The molecule has 0 aliphatic heterocycles. The standard InChI is InChI=1S/C13H12ClN3O4/c1-7(2)11-6-12(21-16-11)15-13(18)9-5-8(17(19)20)3-4-10(9)14/h3-7H,1-2H3,(H,15,18). The van der Waals surface area contributed by atoms with Crippen molar-refractivity contribution in [2.45, 2.75) is 19.8 Å². The number of amides is 1. The molecule has 0 spiro atoms. The van der Waals surface area contributed by atoms with Gasteiger partial charge in [0.1, 0.15) is 0 Å². The highest BCUT2D eigenvalue weighted by atomic mass is 35.5. The zero-order valence-electron chi connectivity index (χ0n) is 11.3. The van der Waals surface area contributed by atoms with E-state index in [0.29, 0.717) is 5.69 Å². The van der Waals surface area contributed by atoms with E-state index in [0.717, 1.165) is 6.07 Å². The monoisotopic (exact) mass is 309 g/mol. The lowest BCUT2D eigenvalue weighted by molar-refractivity contribution is -0.384. The van der Waals surface area contributed by atoms with Crippen molar-refractivity contribution in [2.24, 2.45) is 0 Å². The lowest BCUT2D eigenvalue weighted by Gasteiger charge is -2.03. The summed E-state index contributed by atoms with van der Waals surface area (Å²) in [4.78, 5) is 22.2. The molecule has 0 saturated heterocycles. The summed E-state index contributed by atoms with van der Waals surface area (Å²) in [5.41, 5.74) is 0.466. The minimum atomic E-state index is -0.602. The molecule has 2 aromatic rings. The van der Waals surface area contributed by atoms with E-state index in [1.165, 1.54) is 12.1 Å². The number of hydrogen-bond acceptors (Lipinski definition) is 5. The Morgan fingerprint density at radius 2 is 2.14 bits per heavy atom. The molecular weight excluding hydrogens is 298 g/mol. The average molecular weight is 310 g/mol. The van der Waals surface area contributed by atoms with Gasteiger partial charge in [-0.25, -0.2) is 0 Å². The second-order valence-corrected chi connectivity index (χ2v) is 5.05. The number of benzene rings is 1. The number of carbonyl (C=O) groups is 1. The second-order valence-electron chi connectivity index (χ2n) is 4.65. The molecule has 0 fully saturated rings. The fraction of sp³-hybridized carbons (Fsp3) is 0.231. The van der Waals surface area contributed by atoms with Crippen LogP contribution in [-0.4, -0.2) is 16.0 Å². The average Bonchev–Trinajstić information content (AvgIpc) is 2.87. The van der Waals surface area contributed by atoms with Gasteiger partial charge in [-0.1, -0.05) is 30.6 Å². The molecule has 7 nitrogen and oxygen atoms in total. The van der Waals surface area contributed by atoms with E-state index in [2.05, 4.69) is 10.5 Å². The molecule has 0 radical (unpaired) electrons. The van der Waals surface area contributed by atoms with Gasteiger partial charge in [0.05, 0.1) is 21.2 Å². The number of carbonyl (C=O) groups excluding carboxylic acids is 1. The number of nitrogens with zero attached hydrogens (tertiary/aromatic N) is 2. The Balaban J connectivity index is 2.23. The quantitative estimate of drug-likeness (QED) is 0.687. The highest BCUT2D eigenvalue weighted by molar-refractivity contribution is 6.34. The largest absolute Gasteiger partial charge is 0.338 e. The summed E-state index contributed by atoms with van der Waals surface area (Å²) in [5.74, 6) is -0.290. The molecule has 0 bridgehead atoms. The summed E-state index contributed by atoms with van der Waals surface area (Å²) in [6.07, 6.45) is 0. The minimum Gasteiger partial charge on any atom is -0.338 e. The van der Waals surface area contributed by atoms with Gasteiger partial charge in [0.25, 0.3) is 11.6 Å². The molecule has 1 N–H and O–H groups in total. The van der Waals surface area contributed by atoms with Crippen molar-refractivity contribution in [1.29, 1.82) is 0 Å². The molecule has 1 heterocycles. The van der Waals surface area contributed by atoms with E-state index in [1.54, 1.807) is 6.07 Å². The topological polar surface area (TPSA) is 98.3 Å². The summed E-state index contributed by atoms with van der Waals surface area (Å²) >= 11 is 5.89. The third-order valence-corrected chi connectivity index (χ3v) is 3.09. The van der Waals surface area contributed by atoms with Crippen LogP contribution in [0.3, 0.4) is 0 Å². The number of nitrogens with one attached hydrogen (secondary N) is 1. The third-order valence-electron chi connectivity index (χ3n) is 2.76. The van der Waals surface area contributed by atoms with E-state index in [9.17, 15) is 14.9 Å². The van der Waals surface area contributed by atoms with E-state index >= 15 is 0 Å². The van der Waals surface area contributed by atoms with Gasteiger partial charge < -0.3 is 4.52 Å². The molecule has 0 saturated carbocycles. The van der Waals surface area contributed by atoms with Crippen LogP contribution < -0.4 is 5.32 Å². The van der Waals surface area contributed by atoms with Crippen LogP contribution in [0.25, 0.3) is 0 Å². The summed E-state index contributed by atoms with van der Waals surface area (Å²) in [6.45, 7) is 3.86. The van der Waals surface area contributed by atoms with E-state index in [1.807, 2.05) is 13.8 Å². The molecule has 0 aliphatic carbocycles. The molecule has 21 heavy (non-hydrogen) atoms. The van der Waals surface area contributed by atoms with Crippen LogP contribution in [0.2, 0.25) is 5.02 Å². The summed E-state index contributed by atoms with van der Waals surface area (Å²) < 4.78 is 4.98. The number of aromatic nitrogens is 1. The zero-order chi connectivity index (χ0) is 15.6. The molecule has 1 amide bonds. The van der Waals surface area contributed by atoms with Gasteiger partial charge in [-0.15, -0.1) is 0 Å². The van der Waals surface area contributed by atoms with Gasteiger partial charge in [0.15, 0.2) is 0 Å². The number of rotatable bonds is 4. The highest BCUT2D eigenvalue weighted by Crippen LogP contribution is 2.24. The van der Waals surface area contributed by atoms with Crippen LogP contribution in [0.1, 0.15) is 35.8 Å². The first-order valence-corrected chi connectivity index (χ1v) is 6.48. The molecule has 2 rings (SSSR count). The lowest BCUT2D eigenvalue weighted by Crippen LogP contribution is -2.12.